The molecule has 4 aromatic rings. The molecule has 0 aliphatic heterocycles. The molecule has 8 heteroatoms. The first-order valence-corrected chi connectivity index (χ1v) is 8.23. The molecule has 27 heavy (non-hydrogen) atoms. The van der Waals surface area contributed by atoms with Gasteiger partial charge >= 0.3 is 0 Å². The number of carbonyl (C=O) groups excluding carboxylic acids is 1. The number of para-hydroxylation sites is 1. The Morgan fingerprint density at radius 2 is 2.00 bits per heavy atom. The van der Waals surface area contributed by atoms with E-state index in [1.807, 2.05) is 42.5 Å². The van der Waals surface area contributed by atoms with Crippen LogP contribution in [0, 0.1) is 0 Å². The average Bonchev–Trinajstić information content (AvgIpc) is 3.13. The largest absolute Gasteiger partial charge is 0.494 e. The Morgan fingerprint density at radius 3 is 2.78 bits per heavy atom. The lowest BCUT2D eigenvalue weighted by Gasteiger charge is -2.12. The molecule has 2 aromatic heterocycles. The van der Waals surface area contributed by atoms with Crippen molar-refractivity contribution >= 4 is 22.5 Å². The molecule has 0 atom stereocenters. The summed E-state index contributed by atoms with van der Waals surface area (Å²) in [7, 11) is 3.28. The number of aryl methyl sites for hydroxylation is 1. The van der Waals surface area contributed by atoms with Gasteiger partial charge in [-0.2, -0.15) is 0 Å². The zero-order valence-electron chi connectivity index (χ0n) is 14.7. The Kier molecular flexibility index (Phi) is 4.21. The van der Waals surface area contributed by atoms with Gasteiger partial charge in [0.1, 0.15) is 0 Å². The fourth-order valence-electron chi connectivity index (χ4n) is 2.92. The van der Waals surface area contributed by atoms with Crippen LogP contribution in [0.25, 0.3) is 22.3 Å². The molecule has 4 rings (SSSR count). The van der Waals surface area contributed by atoms with Crippen LogP contribution < -0.4 is 10.1 Å². The third-order valence-electron chi connectivity index (χ3n) is 4.19. The van der Waals surface area contributed by atoms with Gasteiger partial charge in [0.2, 0.25) is 0 Å². The lowest BCUT2D eigenvalue weighted by Crippen LogP contribution is -2.14. The monoisotopic (exact) mass is 360 g/mol. The summed E-state index contributed by atoms with van der Waals surface area (Å²) < 4.78 is 6.93. The van der Waals surface area contributed by atoms with Gasteiger partial charge in [0.05, 0.1) is 24.4 Å². The highest BCUT2D eigenvalue weighted by atomic mass is 16.5. The fraction of sp³-hybridized carbons (Fsp3) is 0.105. The van der Waals surface area contributed by atoms with E-state index in [1.165, 1.54) is 7.11 Å². The van der Waals surface area contributed by atoms with E-state index in [-0.39, 0.29) is 5.91 Å². The van der Waals surface area contributed by atoms with Gasteiger partial charge in [0, 0.05) is 23.7 Å². The second-order valence-electron chi connectivity index (χ2n) is 5.88. The van der Waals surface area contributed by atoms with Crippen molar-refractivity contribution in [3.05, 3.63) is 60.3 Å². The SMILES string of the molecule is COc1cnc2ccccc2c1C(=O)Nc1cccc(-c2nnnn2C)c1. The quantitative estimate of drug-likeness (QED) is 0.601. The number of nitrogens with zero attached hydrogens (tertiary/aromatic N) is 5. The molecule has 1 amide bonds. The number of fused-ring (bicyclic) bond motifs is 1. The average molecular weight is 360 g/mol. The third-order valence-corrected chi connectivity index (χ3v) is 4.19. The van der Waals surface area contributed by atoms with Gasteiger partial charge in [-0.05, 0) is 28.6 Å². The summed E-state index contributed by atoms with van der Waals surface area (Å²) >= 11 is 0. The lowest BCUT2D eigenvalue weighted by molar-refractivity contribution is 0.102. The molecular weight excluding hydrogens is 344 g/mol. The van der Waals surface area contributed by atoms with Crippen LogP contribution in [0.3, 0.4) is 0 Å². The summed E-state index contributed by atoms with van der Waals surface area (Å²) in [6.07, 6.45) is 1.55. The minimum Gasteiger partial charge on any atom is -0.494 e. The van der Waals surface area contributed by atoms with Gasteiger partial charge in [-0.25, -0.2) is 4.68 Å². The first kappa shape index (κ1) is 16.6. The molecule has 2 aromatic carbocycles. The van der Waals surface area contributed by atoms with Gasteiger partial charge in [-0.1, -0.05) is 30.3 Å². The molecule has 0 saturated carbocycles. The van der Waals surface area contributed by atoms with Crippen LogP contribution in [-0.4, -0.2) is 38.2 Å². The predicted molar refractivity (Wildman–Crippen MR) is 100 cm³/mol. The lowest BCUT2D eigenvalue weighted by atomic mass is 10.1. The molecule has 0 aliphatic carbocycles. The summed E-state index contributed by atoms with van der Waals surface area (Å²) in [6.45, 7) is 0. The molecule has 1 N–H and O–H groups in total. The molecule has 0 fully saturated rings. The van der Waals surface area contributed by atoms with E-state index < -0.39 is 0 Å². The number of rotatable bonds is 4. The number of nitrogens with one attached hydrogen (secondary N) is 1. The number of aromatic nitrogens is 5. The molecule has 8 nitrogen and oxygen atoms in total. The molecular formula is C19H16N6O2. The third kappa shape index (κ3) is 3.08. The van der Waals surface area contributed by atoms with E-state index in [0.29, 0.717) is 22.8 Å². The fourth-order valence-corrected chi connectivity index (χ4v) is 2.92. The minimum atomic E-state index is -0.279. The number of methoxy groups -OCH3 is 1. The number of tetrazole rings is 1. The summed E-state index contributed by atoms with van der Waals surface area (Å²) in [5.41, 5.74) is 2.59. The summed E-state index contributed by atoms with van der Waals surface area (Å²) in [5.74, 6) is 0.747. The zero-order valence-corrected chi connectivity index (χ0v) is 14.7. The summed E-state index contributed by atoms with van der Waals surface area (Å²) in [6, 6.07) is 14.8. The number of pyridine rings is 1. The van der Waals surface area contributed by atoms with Crippen LogP contribution in [-0.2, 0) is 7.05 Å². The highest BCUT2D eigenvalue weighted by molar-refractivity contribution is 6.14. The van der Waals surface area contributed by atoms with Crippen molar-refractivity contribution in [3.8, 4) is 17.1 Å². The van der Waals surface area contributed by atoms with E-state index >= 15 is 0 Å². The van der Waals surface area contributed by atoms with Gasteiger partial charge in [0.25, 0.3) is 5.91 Å². The maximum Gasteiger partial charge on any atom is 0.260 e. The number of carbonyl (C=O) groups is 1. The highest BCUT2D eigenvalue weighted by Gasteiger charge is 2.18. The van der Waals surface area contributed by atoms with Crippen molar-refractivity contribution in [1.29, 1.82) is 0 Å². The van der Waals surface area contributed by atoms with Crippen molar-refractivity contribution in [2.24, 2.45) is 7.05 Å². The number of ether oxygens (including phenoxy) is 1. The minimum absolute atomic E-state index is 0.279. The van der Waals surface area contributed by atoms with Gasteiger partial charge < -0.3 is 10.1 Å². The van der Waals surface area contributed by atoms with Gasteiger partial charge in [-0.15, -0.1) is 5.10 Å². The number of hydrogen-bond donors (Lipinski definition) is 1. The van der Waals surface area contributed by atoms with E-state index in [0.717, 1.165) is 16.5 Å². The van der Waals surface area contributed by atoms with Crippen molar-refractivity contribution in [3.63, 3.8) is 0 Å². The van der Waals surface area contributed by atoms with Crippen LogP contribution in [0.5, 0.6) is 5.75 Å². The Bertz CT molecular complexity index is 1140. The molecule has 0 spiro atoms. The van der Waals surface area contributed by atoms with E-state index in [4.69, 9.17) is 4.74 Å². The van der Waals surface area contributed by atoms with Gasteiger partial charge in [-0.3, -0.25) is 9.78 Å². The molecule has 0 aliphatic rings. The number of amides is 1. The van der Waals surface area contributed by atoms with E-state index in [1.54, 1.807) is 24.0 Å². The summed E-state index contributed by atoms with van der Waals surface area (Å²) in [5, 5.41) is 15.1. The Morgan fingerprint density at radius 1 is 1.15 bits per heavy atom. The standard InChI is InChI=1S/C19H16N6O2/c1-25-18(22-23-24-25)12-6-5-7-13(10-12)21-19(26)17-14-8-3-4-9-15(14)20-11-16(17)27-2/h3-11H,1-2H3,(H,21,26). The second-order valence-corrected chi connectivity index (χ2v) is 5.88. The molecule has 134 valence electrons. The van der Waals surface area contributed by atoms with Crippen molar-refractivity contribution in [2.45, 2.75) is 0 Å². The molecule has 2 heterocycles. The molecule has 0 saturated heterocycles. The summed E-state index contributed by atoms with van der Waals surface area (Å²) in [4.78, 5) is 17.3. The molecule has 0 unspecified atom stereocenters. The second kappa shape index (κ2) is 6.83. The van der Waals surface area contributed by atoms with Crippen LogP contribution in [0.15, 0.2) is 54.7 Å². The topological polar surface area (TPSA) is 94.8 Å². The molecule has 0 radical (unpaired) electrons. The zero-order chi connectivity index (χ0) is 18.8. The Balaban J connectivity index is 1.71. The normalized spacial score (nSPS) is 10.7. The number of anilines is 1. The van der Waals surface area contributed by atoms with Crippen molar-refractivity contribution < 1.29 is 9.53 Å². The molecule has 0 bridgehead atoms. The Labute approximate surface area is 154 Å². The first-order valence-electron chi connectivity index (χ1n) is 8.23. The first-order chi connectivity index (χ1) is 13.2. The highest BCUT2D eigenvalue weighted by Crippen LogP contribution is 2.27. The van der Waals surface area contributed by atoms with Crippen LogP contribution in [0.4, 0.5) is 5.69 Å². The maximum atomic E-state index is 13.0. The smallest absolute Gasteiger partial charge is 0.260 e. The van der Waals surface area contributed by atoms with Crippen molar-refractivity contribution in [1.82, 2.24) is 25.2 Å². The maximum absolute atomic E-state index is 13.0. The van der Waals surface area contributed by atoms with E-state index in [9.17, 15) is 4.79 Å². The van der Waals surface area contributed by atoms with E-state index in [2.05, 4.69) is 25.8 Å². The predicted octanol–water partition coefficient (Wildman–Crippen LogP) is 2.69. The van der Waals surface area contributed by atoms with Gasteiger partial charge in [0.15, 0.2) is 11.6 Å². The number of hydrogen-bond acceptors (Lipinski definition) is 6. The number of benzene rings is 2. The van der Waals surface area contributed by atoms with Crippen LogP contribution >= 0.6 is 0 Å². The van der Waals surface area contributed by atoms with Crippen LogP contribution in [0.2, 0.25) is 0 Å². The van der Waals surface area contributed by atoms with Crippen LogP contribution in [0.1, 0.15) is 10.4 Å². The Hall–Kier alpha value is -3.81. The van der Waals surface area contributed by atoms with Crippen molar-refractivity contribution in [2.75, 3.05) is 12.4 Å².